The third-order valence-electron chi connectivity index (χ3n) is 2.21. The van der Waals surface area contributed by atoms with Gasteiger partial charge in [-0.25, -0.2) is 4.79 Å². The van der Waals surface area contributed by atoms with Crippen LogP contribution in [0.15, 0.2) is 22.7 Å². The topological polar surface area (TPSA) is 102 Å². The summed E-state index contributed by atoms with van der Waals surface area (Å²) < 4.78 is 0.723. The van der Waals surface area contributed by atoms with Crippen molar-refractivity contribution in [3.8, 4) is 6.07 Å². The Morgan fingerprint density at radius 2 is 2.21 bits per heavy atom. The number of halogens is 1. The first-order valence-corrected chi connectivity index (χ1v) is 6.20. The number of hydrogen-bond donors (Lipinski definition) is 3. The highest BCUT2D eigenvalue weighted by Crippen LogP contribution is 2.20. The molecular formula is C12H12BrN3O3. The molecule has 1 atom stereocenters. The Hall–Kier alpha value is -2.07. The number of anilines is 1. The summed E-state index contributed by atoms with van der Waals surface area (Å²) in [6, 6.07) is 5.76. The van der Waals surface area contributed by atoms with Gasteiger partial charge in [0.25, 0.3) is 0 Å². The van der Waals surface area contributed by atoms with E-state index in [1.54, 1.807) is 25.1 Å². The number of hydrogen-bond acceptors (Lipinski definition) is 3. The van der Waals surface area contributed by atoms with E-state index >= 15 is 0 Å². The highest BCUT2D eigenvalue weighted by Gasteiger charge is 2.12. The van der Waals surface area contributed by atoms with E-state index in [1.807, 2.05) is 6.07 Å². The number of carboxylic acid groups (broad SMARTS) is 1. The van der Waals surface area contributed by atoms with E-state index in [2.05, 4.69) is 26.6 Å². The molecule has 0 aliphatic carbocycles. The van der Waals surface area contributed by atoms with E-state index in [9.17, 15) is 9.59 Å². The lowest BCUT2D eigenvalue weighted by atomic mass is 10.2. The number of nitrogens with one attached hydrogen (secondary N) is 2. The fourth-order valence-corrected chi connectivity index (χ4v) is 1.77. The summed E-state index contributed by atoms with van der Waals surface area (Å²) in [6.45, 7) is 1.58. The zero-order chi connectivity index (χ0) is 14.4. The van der Waals surface area contributed by atoms with Crippen molar-refractivity contribution in [2.45, 2.75) is 19.4 Å². The van der Waals surface area contributed by atoms with Gasteiger partial charge in [0.2, 0.25) is 0 Å². The van der Waals surface area contributed by atoms with Crippen molar-refractivity contribution in [3.63, 3.8) is 0 Å². The minimum absolute atomic E-state index is 0.170. The molecule has 1 aromatic carbocycles. The van der Waals surface area contributed by atoms with Crippen LogP contribution in [0, 0.1) is 11.3 Å². The van der Waals surface area contributed by atoms with Crippen molar-refractivity contribution >= 4 is 33.6 Å². The lowest BCUT2D eigenvalue weighted by Crippen LogP contribution is -2.37. The fourth-order valence-electron chi connectivity index (χ4n) is 1.41. The molecule has 0 aliphatic rings. The van der Waals surface area contributed by atoms with Crippen LogP contribution in [-0.2, 0) is 4.79 Å². The summed E-state index contributed by atoms with van der Waals surface area (Å²) in [7, 11) is 0. The molecular weight excluding hydrogens is 314 g/mol. The van der Waals surface area contributed by atoms with E-state index in [0.29, 0.717) is 11.3 Å². The number of nitrogens with zero attached hydrogens (tertiary/aromatic N) is 1. The molecule has 0 bridgehead atoms. The van der Waals surface area contributed by atoms with Crippen LogP contribution in [0.5, 0.6) is 0 Å². The predicted octanol–water partition coefficient (Wildman–Crippen LogP) is 2.31. The molecule has 3 N–H and O–H groups in total. The first-order chi connectivity index (χ1) is 8.92. The van der Waals surface area contributed by atoms with Gasteiger partial charge in [-0.3, -0.25) is 4.79 Å². The Labute approximate surface area is 118 Å². The summed E-state index contributed by atoms with van der Waals surface area (Å²) in [4.78, 5) is 22.1. The van der Waals surface area contributed by atoms with Crippen LogP contribution in [0.4, 0.5) is 10.5 Å². The van der Waals surface area contributed by atoms with Crippen LogP contribution < -0.4 is 10.6 Å². The summed E-state index contributed by atoms with van der Waals surface area (Å²) in [5.41, 5.74) is 0.682. The lowest BCUT2D eigenvalue weighted by Gasteiger charge is -2.13. The molecule has 19 heavy (non-hydrogen) atoms. The molecule has 7 heteroatoms. The monoisotopic (exact) mass is 325 g/mol. The second-order valence-corrected chi connectivity index (χ2v) is 4.81. The minimum atomic E-state index is -0.993. The van der Waals surface area contributed by atoms with Gasteiger partial charge in [0.1, 0.15) is 6.07 Å². The Kier molecular flexibility index (Phi) is 5.33. The molecule has 0 radical (unpaired) electrons. The second-order valence-electron chi connectivity index (χ2n) is 3.90. The SMILES string of the molecule is CC(CC(=O)O)NC(=O)Nc1cc(Br)ccc1C#N. The molecule has 6 nitrogen and oxygen atoms in total. The number of carbonyl (C=O) groups excluding carboxylic acids is 1. The number of aliphatic carboxylic acids is 1. The first kappa shape index (κ1) is 15.0. The van der Waals surface area contributed by atoms with Crippen molar-refractivity contribution in [1.29, 1.82) is 5.26 Å². The highest BCUT2D eigenvalue weighted by molar-refractivity contribution is 9.10. The van der Waals surface area contributed by atoms with Gasteiger partial charge in [-0.15, -0.1) is 0 Å². The average Bonchev–Trinajstić information content (AvgIpc) is 2.27. The van der Waals surface area contributed by atoms with Crippen LogP contribution in [0.3, 0.4) is 0 Å². The lowest BCUT2D eigenvalue weighted by molar-refractivity contribution is -0.137. The Balaban J connectivity index is 2.69. The standard InChI is InChI=1S/C12H12BrN3O3/c1-7(4-11(17)18)15-12(19)16-10-5-9(13)3-2-8(10)6-14/h2-3,5,7H,4H2,1H3,(H,17,18)(H2,15,16,19). The van der Waals surface area contributed by atoms with Crippen LogP contribution in [0.25, 0.3) is 0 Å². The van der Waals surface area contributed by atoms with Crippen LogP contribution in [-0.4, -0.2) is 23.1 Å². The van der Waals surface area contributed by atoms with Crippen molar-refractivity contribution in [2.24, 2.45) is 0 Å². The maximum absolute atomic E-state index is 11.6. The molecule has 1 aromatic rings. The normalized spacial score (nSPS) is 11.2. The molecule has 0 heterocycles. The minimum Gasteiger partial charge on any atom is -0.481 e. The molecule has 1 unspecified atom stereocenters. The summed E-state index contributed by atoms with van der Waals surface area (Å²) >= 11 is 3.24. The fraction of sp³-hybridized carbons (Fsp3) is 0.250. The van der Waals surface area contributed by atoms with Gasteiger partial charge in [-0.05, 0) is 25.1 Å². The van der Waals surface area contributed by atoms with Gasteiger partial charge in [0, 0.05) is 10.5 Å². The smallest absolute Gasteiger partial charge is 0.319 e. The molecule has 1 rings (SSSR count). The third kappa shape index (κ3) is 4.97. The van der Waals surface area contributed by atoms with E-state index in [0.717, 1.165) is 4.47 Å². The summed E-state index contributed by atoms with van der Waals surface area (Å²) in [6.07, 6.45) is -0.170. The largest absolute Gasteiger partial charge is 0.481 e. The van der Waals surface area contributed by atoms with Crippen LogP contribution in [0.2, 0.25) is 0 Å². The van der Waals surface area contributed by atoms with Crippen molar-refractivity contribution < 1.29 is 14.7 Å². The van der Waals surface area contributed by atoms with E-state index < -0.39 is 18.0 Å². The molecule has 0 saturated heterocycles. The maximum atomic E-state index is 11.6. The highest BCUT2D eigenvalue weighted by atomic mass is 79.9. The number of carboxylic acids is 1. The Bertz CT molecular complexity index is 540. The Morgan fingerprint density at radius 1 is 1.53 bits per heavy atom. The Morgan fingerprint density at radius 3 is 2.79 bits per heavy atom. The van der Waals surface area contributed by atoms with Crippen LogP contribution in [0.1, 0.15) is 18.9 Å². The summed E-state index contributed by atoms with van der Waals surface area (Å²) in [5, 5.41) is 22.5. The van der Waals surface area contributed by atoms with Gasteiger partial charge in [0.05, 0.1) is 17.7 Å². The zero-order valence-corrected chi connectivity index (χ0v) is 11.7. The maximum Gasteiger partial charge on any atom is 0.319 e. The third-order valence-corrected chi connectivity index (χ3v) is 2.70. The van der Waals surface area contributed by atoms with Gasteiger partial charge in [-0.1, -0.05) is 15.9 Å². The van der Waals surface area contributed by atoms with Crippen molar-refractivity contribution in [1.82, 2.24) is 5.32 Å². The van der Waals surface area contributed by atoms with Gasteiger partial charge in [-0.2, -0.15) is 5.26 Å². The number of carbonyl (C=O) groups is 2. The number of benzene rings is 1. The van der Waals surface area contributed by atoms with Gasteiger partial charge >= 0.3 is 12.0 Å². The average molecular weight is 326 g/mol. The van der Waals surface area contributed by atoms with Crippen molar-refractivity contribution in [2.75, 3.05) is 5.32 Å². The number of nitriles is 1. The molecule has 0 aliphatic heterocycles. The first-order valence-electron chi connectivity index (χ1n) is 5.41. The molecule has 0 spiro atoms. The van der Waals surface area contributed by atoms with Crippen molar-refractivity contribution in [3.05, 3.63) is 28.2 Å². The van der Waals surface area contributed by atoms with E-state index in [-0.39, 0.29) is 6.42 Å². The summed E-state index contributed by atoms with van der Waals surface area (Å²) in [5.74, 6) is -0.993. The quantitative estimate of drug-likeness (QED) is 0.790. The number of amides is 2. The van der Waals surface area contributed by atoms with Crippen LogP contribution >= 0.6 is 15.9 Å². The van der Waals surface area contributed by atoms with E-state index in [1.165, 1.54) is 0 Å². The van der Waals surface area contributed by atoms with Gasteiger partial charge < -0.3 is 15.7 Å². The molecule has 100 valence electrons. The molecule has 0 fully saturated rings. The van der Waals surface area contributed by atoms with Gasteiger partial charge in [0.15, 0.2) is 0 Å². The zero-order valence-electron chi connectivity index (χ0n) is 10.1. The molecule has 2 amide bonds. The number of urea groups is 1. The van der Waals surface area contributed by atoms with E-state index in [4.69, 9.17) is 10.4 Å². The molecule has 0 saturated carbocycles. The number of rotatable bonds is 4. The second kappa shape index (κ2) is 6.75. The predicted molar refractivity (Wildman–Crippen MR) is 72.7 cm³/mol. The molecule has 0 aromatic heterocycles.